The first kappa shape index (κ1) is 24.1. The van der Waals surface area contributed by atoms with E-state index in [4.69, 9.17) is 4.74 Å². The Kier molecular flexibility index (Phi) is 6.97. The average Bonchev–Trinajstić information content (AvgIpc) is 2.75. The van der Waals surface area contributed by atoms with Gasteiger partial charge in [0, 0.05) is 5.69 Å². The molecule has 0 aromatic heterocycles. The second-order valence-electron chi connectivity index (χ2n) is 7.26. The number of amides is 1. The SMILES string of the molecule is Cc1cccc(C)c1NS(=O)(=O)c1ccc(NC(=O)COc2cccc(C(F)(F)F)c2)cc1. The van der Waals surface area contributed by atoms with Gasteiger partial charge in [0.05, 0.1) is 16.1 Å². The van der Waals surface area contributed by atoms with Crippen molar-refractivity contribution in [2.45, 2.75) is 24.9 Å². The first-order valence-corrected chi connectivity index (χ1v) is 11.2. The van der Waals surface area contributed by atoms with Crippen LogP contribution in [0.3, 0.4) is 0 Å². The molecule has 174 valence electrons. The summed E-state index contributed by atoms with van der Waals surface area (Å²) < 4.78 is 71.3. The van der Waals surface area contributed by atoms with E-state index in [1.165, 1.54) is 36.4 Å². The molecule has 3 aromatic carbocycles. The molecular weight excluding hydrogens is 457 g/mol. The van der Waals surface area contributed by atoms with Crippen LogP contribution < -0.4 is 14.8 Å². The number of hydrogen-bond acceptors (Lipinski definition) is 4. The summed E-state index contributed by atoms with van der Waals surface area (Å²) in [6, 6.07) is 15.1. The molecule has 0 bridgehead atoms. The molecule has 0 atom stereocenters. The van der Waals surface area contributed by atoms with Crippen LogP contribution in [0.2, 0.25) is 0 Å². The molecule has 1 amide bonds. The number of para-hydroxylation sites is 1. The Morgan fingerprint density at radius 1 is 0.939 bits per heavy atom. The van der Waals surface area contributed by atoms with Crippen LogP contribution in [0.25, 0.3) is 0 Å². The Labute approximate surface area is 189 Å². The van der Waals surface area contributed by atoms with E-state index in [1.54, 1.807) is 26.0 Å². The predicted molar refractivity (Wildman–Crippen MR) is 119 cm³/mol. The number of aryl methyl sites for hydroxylation is 2. The molecule has 0 aliphatic heterocycles. The standard InChI is InChI=1S/C23H21F3N2O4S/c1-15-5-3-6-16(2)22(15)28-33(30,31)20-11-9-18(10-12-20)27-21(29)14-32-19-8-4-7-17(13-19)23(24,25)26/h3-13,28H,14H2,1-2H3,(H,27,29). The molecule has 0 radical (unpaired) electrons. The van der Waals surface area contributed by atoms with Gasteiger partial charge in [-0.1, -0.05) is 24.3 Å². The molecule has 0 spiro atoms. The van der Waals surface area contributed by atoms with E-state index in [-0.39, 0.29) is 10.6 Å². The van der Waals surface area contributed by atoms with Gasteiger partial charge in [0.15, 0.2) is 6.61 Å². The Balaban J connectivity index is 1.62. The van der Waals surface area contributed by atoms with E-state index >= 15 is 0 Å². The summed E-state index contributed by atoms with van der Waals surface area (Å²) >= 11 is 0. The van der Waals surface area contributed by atoms with Crippen molar-refractivity contribution < 1.29 is 31.1 Å². The maximum atomic E-state index is 12.8. The number of carbonyl (C=O) groups excluding carboxylic acids is 1. The van der Waals surface area contributed by atoms with Gasteiger partial charge in [0.25, 0.3) is 15.9 Å². The summed E-state index contributed by atoms with van der Waals surface area (Å²) in [5.74, 6) is -0.712. The van der Waals surface area contributed by atoms with E-state index in [2.05, 4.69) is 10.0 Å². The van der Waals surface area contributed by atoms with Crippen LogP contribution in [-0.4, -0.2) is 20.9 Å². The van der Waals surface area contributed by atoms with Gasteiger partial charge < -0.3 is 10.1 Å². The van der Waals surface area contributed by atoms with Crippen molar-refractivity contribution in [2.75, 3.05) is 16.6 Å². The quantitative estimate of drug-likeness (QED) is 0.493. The van der Waals surface area contributed by atoms with Gasteiger partial charge in [-0.15, -0.1) is 0 Å². The molecule has 0 saturated carbocycles. The molecule has 2 N–H and O–H groups in total. The zero-order valence-corrected chi connectivity index (χ0v) is 18.5. The number of anilines is 2. The monoisotopic (exact) mass is 478 g/mol. The molecule has 0 aliphatic rings. The molecule has 10 heteroatoms. The fraction of sp³-hybridized carbons (Fsp3) is 0.174. The van der Waals surface area contributed by atoms with Crippen molar-refractivity contribution in [3.63, 3.8) is 0 Å². The summed E-state index contributed by atoms with van der Waals surface area (Å²) in [5, 5.41) is 2.50. The third-order valence-corrected chi connectivity index (χ3v) is 6.06. The minimum Gasteiger partial charge on any atom is -0.484 e. The maximum absolute atomic E-state index is 12.8. The molecule has 6 nitrogen and oxygen atoms in total. The van der Waals surface area contributed by atoms with Gasteiger partial charge >= 0.3 is 6.18 Å². The molecule has 3 aromatic rings. The van der Waals surface area contributed by atoms with E-state index in [0.29, 0.717) is 11.4 Å². The topological polar surface area (TPSA) is 84.5 Å². The predicted octanol–water partition coefficient (Wildman–Crippen LogP) is 5.14. The average molecular weight is 478 g/mol. The Hall–Kier alpha value is -3.53. The van der Waals surface area contributed by atoms with Gasteiger partial charge in [-0.25, -0.2) is 8.42 Å². The Morgan fingerprint density at radius 3 is 2.15 bits per heavy atom. The lowest BCUT2D eigenvalue weighted by atomic mass is 10.1. The first-order chi connectivity index (χ1) is 15.5. The lowest BCUT2D eigenvalue weighted by Gasteiger charge is -2.14. The number of hydrogen-bond donors (Lipinski definition) is 2. The molecule has 33 heavy (non-hydrogen) atoms. The number of carbonyl (C=O) groups is 1. The number of benzene rings is 3. The second kappa shape index (κ2) is 9.53. The molecule has 0 saturated heterocycles. The first-order valence-electron chi connectivity index (χ1n) is 9.75. The van der Waals surface area contributed by atoms with Crippen molar-refractivity contribution in [1.82, 2.24) is 0 Å². The van der Waals surface area contributed by atoms with Crippen molar-refractivity contribution >= 4 is 27.3 Å². The van der Waals surface area contributed by atoms with Gasteiger partial charge in [0.2, 0.25) is 0 Å². The minimum atomic E-state index is -4.52. The number of rotatable bonds is 7. The molecule has 0 unspecified atom stereocenters. The lowest BCUT2D eigenvalue weighted by molar-refractivity contribution is -0.137. The summed E-state index contributed by atoms with van der Waals surface area (Å²) in [6.45, 7) is 3.07. The zero-order chi connectivity index (χ0) is 24.2. The number of ether oxygens (including phenoxy) is 1. The Morgan fingerprint density at radius 2 is 1.55 bits per heavy atom. The molecule has 0 aliphatic carbocycles. The number of alkyl halides is 3. The third-order valence-electron chi connectivity index (χ3n) is 4.70. The number of sulfonamides is 1. The maximum Gasteiger partial charge on any atom is 0.416 e. The van der Waals surface area contributed by atoms with Crippen LogP contribution >= 0.6 is 0 Å². The van der Waals surface area contributed by atoms with Crippen LogP contribution in [0.15, 0.2) is 71.6 Å². The number of halogens is 3. The fourth-order valence-corrected chi connectivity index (χ4v) is 4.20. The van der Waals surface area contributed by atoms with E-state index in [1.807, 2.05) is 6.07 Å². The number of nitrogens with one attached hydrogen (secondary N) is 2. The largest absolute Gasteiger partial charge is 0.484 e. The van der Waals surface area contributed by atoms with Gasteiger partial charge in [-0.2, -0.15) is 13.2 Å². The van der Waals surface area contributed by atoms with Crippen molar-refractivity contribution in [3.05, 3.63) is 83.4 Å². The molecule has 0 heterocycles. The van der Waals surface area contributed by atoms with Gasteiger partial charge in [-0.05, 0) is 67.4 Å². The zero-order valence-electron chi connectivity index (χ0n) is 17.7. The van der Waals surface area contributed by atoms with Crippen LogP contribution in [-0.2, 0) is 21.0 Å². The highest BCUT2D eigenvalue weighted by molar-refractivity contribution is 7.92. The molecule has 3 rings (SSSR count). The molecular formula is C23H21F3N2O4S. The normalized spacial score (nSPS) is 11.7. The van der Waals surface area contributed by atoms with Crippen LogP contribution in [0, 0.1) is 13.8 Å². The summed E-state index contributed by atoms with van der Waals surface area (Å²) in [4.78, 5) is 12.1. The van der Waals surface area contributed by atoms with Crippen LogP contribution in [0.4, 0.5) is 24.5 Å². The summed E-state index contributed by atoms with van der Waals surface area (Å²) in [7, 11) is -3.85. The fourth-order valence-electron chi connectivity index (χ4n) is 2.99. The molecule has 0 fully saturated rings. The summed E-state index contributed by atoms with van der Waals surface area (Å²) in [6.07, 6.45) is -4.52. The van der Waals surface area contributed by atoms with Gasteiger partial charge in [-0.3, -0.25) is 9.52 Å². The van der Waals surface area contributed by atoms with Crippen LogP contribution in [0.1, 0.15) is 16.7 Å². The highest BCUT2D eigenvalue weighted by Gasteiger charge is 2.30. The lowest BCUT2D eigenvalue weighted by Crippen LogP contribution is -2.20. The van der Waals surface area contributed by atoms with Crippen molar-refractivity contribution in [2.24, 2.45) is 0 Å². The highest BCUT2D eigenvalue weighted by atomic mass is 32.2. The van der Waals surface area contributed by atoms with Crippen molar-refractivity contribution in [3.8, 4) is 5.75 Å². The minimum absolute atomic E-state index is 0.00312. The highest BCUT2D eigenvalue weighted by Crippen LogP contribution is 2.31. The van der Waals surface area contributed by atoms with Crippen LogP contribution in [0.5, 0.6) is 5.75 Å². The smallest absolute Gasteiger partial charge is 0.416 e. The van der Waals surface area contributed by atoms with Gasteiger partial charge in [0.1, 0.15) is 5.75 Å². The van der Waals surface area contributed by atoms with Crippen molar-refractivity contribution in [1.29, 1.82) is 0 Å². The van der Waals surface area contributed by atoms with E-state index in [0.717, 1.165) is 23.3 Å². The third kappa shape index (κ3) is 6.26. The second-order valence-corrected chi connectivity index (χ2v) is 8.94. The summed E-state index contributed by atoms with van der Waals surface area (Å²) in [5.41, 5.74) is 1.48. The van der Waals surface area contributed by atoms with E-state index in [9.17, 15) is 26.4 Å². The van der Waals surface area contributed by atoms with E-state index < -0.39 is 34.3 Å². The Bertz CT molecular complexity index is 1240.